The van der Waals surface area contributed by atoms with Crippen molar-refractivity contribution in [2.45, 2.75) is 31.2 Å². The molecule has 0 unspecified atom stereocenters. The van der Waals surface area contributed by atoms with Gasteiger partial charge in [0.15, 0.2) is 0 Å². The van der Waals surface area contributed by atoms with Crippen LogP contribution in [-0.2, 0) is 12.6 Å². The van der Waals surface area contributed by atoms with E-state index in [1.54, 1.807) is 0 Å². The Morgan fingerprint density at radius 3 is 2.50 bits per heavy atom. The van der Waals surface area contributed by atoms with Crippen molar-refractivity contribution in [2.24, 2.45) is 12.8 Å². The van der Waals surface area contributed by atoms with E-state index < -0.39 is 0 Å². The molecular weight excluding hydrogens is 222 g/mol. The molecule has 0 bridgehead atoms. The minimum absolute atomic E-state index is 0.172. The Kier molecular flexibility index (Phi) is 2.71. The maximum atomic E-state index is 6.51. The molecule has 0 amide bonds. The van der Waals surface area contributed by atoms with Gasteiger partial charge in [-0.3, -0.25) is 4.68 Å². The van der Waals surface area contributed by atoms with Crippen molar-refractivity contribution in [2.75, 3.05) is 0 Å². The molecule has 3 nitrogen and oxygen atoms in total. The molecule has 0 aliphatic heterocycles. The van der Waals surface area contributed by atoms with Crippen LogP contribution >= 0.6 is 0 Å². The predicted octanol–water partition coefficient (Wildman–Crippen LogP) is 2.82. The first-order chi connectivity index (χ1) is 8.69. The average molecular weight is 241 g/mol. The molecule has 1 saturated carbocycles. The van der Waals surface area contributed by atoms with Crippen LogP contribution in [0.15, 0.2) is 36.4 Å². The van der Waals surface area contributed by atoms with Crippen molar-refractivity contribution in [3.8, 4) is 11.3 Å². The van der Waals surface area contributed by atoms with Gasteiger partial charge in [-0.2, -0.15) is 5.10 Å². The van der Waals surface area contributed by atoms with Crippen LogP contribution in [0.3, 0.4) is 0 Å². The second-order valence-electron chi connectivity index (χ2n) is 5.27. The van der Waals surface area contributed by atoms with E-state index in [0.29, 0.717) is 0 Å². The Balaban J connectivity index is 2.01. The Hall–Kier alpha value is -1.61. The van der Waals surface area contributed by atoms with Gasteiger partial charge in [0.25, 0.3) is 0 Å². The molecule has 0 saturated heterocycles. The summed E-state index contributed by atoms with van der Waals surface area (Å²) in [6, 6.07) is 12.4. The third-order valence-corrected chi connectivity index (χ3v) is 3.96. The first-order valence-electron chi connectivity index (χ1n) is 6.58. The van der Waals surface area contributed by atoms with Crippen molar-refractivity contribution in [1.82, 2.24) is 9.78 Å². The zero-order chi connectivity index (χ0) is 12.6. The lowest BCUT2D eigenvalue weighted by Crippen LogP contribution is -2.35. The SMILES string of the molecule is Cn1nc(-c2ccccc2)cc1C1(N)CCCC1. The van der Waals surface area contributed by atoms with E-state index in [1.807, 2.05) is 29.9 Å². The maximum Gasteiger partial charge on any atom is 0.0926 e. The smallest absolute Gasteiger partial charge is 0.0926 e. The highest BCUT2D eigenvalue weighted by molar-refractivity contribution is 5.59. The van der Waals surface area contributed by atoms with Crippen LogP contribution in [0.25, 0.3) is 11.3 Å². The number of benzene rings is 1. The van der Waals surface area contributed by atoms with Crippen LogP contribution in [0.4, 0.5) is 0 Å². The fourth-order valence-corrected chi connectivity index (χ4v) is 2.95. The van der Waals surface area contributed by atoms with Crippen LogP contribution in [-0.4, -0.2) is 9.78 Å². The van der Waals surface area contributed by atoms with E-state index in [2.05, 4.69) is 23.3 Å². The molecule has 1 fully saturated rings. The van der Waals surface area contributed by atoms with Gasteiger partial charge in [0, 0.05) is 12.6 Å². The Morgan fingerprint density at radius 2 is 1.83 bits per heavy atom. The molecule has 0 spiro atoms. The number of aryl methyl sites for hydroxylation is 1. The maximum absolute atomic E-state index is 6.51. The summed E-state index contributed by atoms with van der Waals surface area (Å²) in [5.74, 6) is 0. The van der Waals surface area contributed by atoms with Crippen molar-refractivity contribution in [3.63, 3.8) is 0 Å². The van der Waals surface area contributed by atoms with Crippen molar-refractivity contribution in [1.29, 1.82) is 0 Å². The third kappa shape index (κ3) is 1.85. The van der Waals surface area contributed by atoms with Gasteiger partial charge in [-0.25, -0.2) is 0 Å². The lowest BCUT2D eigenvalue weighted by atomic mass is 9.94. The van der Waals surface area contributed by atoms with E-state index >= 15 is 0 Å². The molecule has 2 aromatic rings. The lowest BCUT2D eigenvalue weighted by molar-refractivity contribution is 0.423. The highest BCUT2D eigenvalue weighted by Crippen LogP contribution is 2.37. The first-order valence-corrected chi connectivity index (χ1v) is 6.58. The Bertz CT molecular complexity index is 536. The monoisotopic (exact) mass is 241 g/mol. The summed E-state index contributed by atoms with van der Waals surface area (Å²) in [5, 5.41) is 4.61. The fraction of sp³-hybridized carbons (Fsp3) is 0.400. The fourth-order valence-electron chi connectivity index (χ4n) is 2.95. The Morgan fingerprint density at radius 1 is 1.17 bits per heavy atom. The van der Waals surface area contributed by atoms with Crippen LogP contribution in [0.1, 0.15) is 31.4 Å². The zero-order valence-corrected chi connectivity index (χ0v) is 10.8. The van der Waals surface area contributed by atoms with Crippen molar-refractivity contribution in [3.05, 3.63) is 42.1 Å². The first kappa shape index (κ1) is 11.5. The van der Waals surface area contributed by atoms with Gasteiger partial charge in [0.1, 0.15) is 0 Å². The van der Waals surface area contributed by atoms with Gasteiger partial charge >= 0.3 is 0 Å². The summed E-state index contributed by atoms with van der Waals surface area (Å²) in [6.45, 7) is 0. The van der Waals surface area contributed by atoms with Gasteiger partial charge in [0.2, 0.25) is 0 Å². The normalized spacial score (nSPS) is 18.1. The highest BCUT2D eigenvalue weighted by atomic mass is 15.3. The average Bonchev–Trinajstić information content (AvgIpc) is 2.98. The van der Waals surface area contributed by atoms with Gasteiger partial charge < -0.3 is 5.73 Å². The third-order valence-electron chi connectivity index (χ3n) is 3.96. The number of nitrogens with two attached hydrogens (primary N) is 1. The van der Waals surface area contributed by atoms with Gasteiger partial charge in [-0.1, -0.05) is 43.2 Å². The van der Waals surface area contributed by atoms with Gasteiger partial charge in [-0.05, 0) is 18.9 Å². The van der Waals surface area contributed by atoms with Crippen LogP contribution < -0.4 is 5.73 Å². The quantitative estimate of drug-likeness (QED) is 0.878. The van der Waals surface area contributed by atoms with E-state index in [9.17, 15) is 0 Å². The molecule has 0 radical (unpaired) electrons. The minimum atomic E-state index is -0.172. The summed E-state index contributed by atoms with van der Waals surface area (Å²) >= 11 is 0. The molecule has 1 aliphatic rings. The van der Waals surface area contributed by atoms with E-state index in [-0.39, 0.29) is 5.54 Å². The molecule has 1 aliphatic carbocycles. The second-order valence-corrected chi connectivity index (χ2v) is 5.27. The van der Waals surface area contributed by atoms with Gasteiger partial charge in [-0.15, -0.1) is 0 Å². The molecule has 3 heteroatoms. The van der Waals surface area contributed by atoms with Crippen LogP contribution in [0.5, 0.6) is 0 Å². The summed E-state index contributed by atoms with van der Waals surface area (Å²) < 4.78 is 1.95. The molecule has 18 heavy (non-hydrogen) atoms. The minimum Gasteiger partial charge on any atom is -0.320 e. The summed E-state index contributed by atoms with van der Waals surface area (Å²) in [7, 11) is 1.99. The standard InChI is InChI=1S/C15H19N3/c1-18-14(15(16)9-5-6-10-15)11-13(17-18)12-7-3-2-4-8-12/h2-4,7-8,11H,5-6,9-10,16H2,1H3. The second kappa shape index (κ2) is 4.25. The number of hydrogen-bond donors (Lipinski definition) is 1. The van der Waals surface area contributed by atoms with Gasteiger partial charge in [0.05, 0.1) is 16.9 Å². The molecule has 94 valence electrons. The summed E-state index contributed by atoms with van der Waals surface area (Å²) in [4.78, 5) is 0. The predicted molar refractivity (Wildman–Crippen MR) is 73.0 cm³/mol. The molecule has 1 aromatic carbocycles. The van der Waals surface area contributed by atoms with E-state index in [0.717, 1.165) is 24.1 Å². The number of hydrogen-bond acceptors (Lipinski definition) is 2. The zero-order valence-electron chi connectivity index (χ0n) is 10.8. The molecule has 0 atom stereocenters. The number of aromatic nitrogens is 2. The summed E-state index contributed by atoms with van der Waals surface area (Å²) in [5.41, 5.74) is 9.68. The topological polar surface area (TPSA) is 43.8 Å². The molecule has 3 rings (SSSR count). The van der Waals surface area contributed by atoms with Crippen molar-refractivity contribution >= 4 is 0 Å². The molecular formula is C15H19N3. The number of rotatable bonds is 2. The van der Waals surface area contributed by atoms with Crippen LogP contribution in [0.2, 0.25) is 0 Å². The molecule has 1 heterocycles. The van der Waals surface area contributed by atoms with E-state index in [1.165, 1.54) is 18.5 Å². The lowest BCUT2D eigenvalue weighted by Gasteiger charge is -2.23. The Labute approximate surface area is 108 Å². The van der Waals surface area contributed by atoms with E-state index in [4.69, 9.17) is 5.73 Å². The molecule has 1 aromatic heterocycles. The van der Waals surface area contributed by atoms with Crippen molar-refractivity contribution < 1.29 is 0 Å². The number of nitrogens with zero attached hydrogens (tertiary/aromatic N) is 2. The summed E-state index contributed by atoms with van der Waals surface area (Å²) in [6.07, 6.45) is 4.59. The largest absolute Gasteiger partial charge is 0.320 e. The molecule has 2 N–H and O–H groups in total. The highest BCUT2D eigenvalue weighted by Gasteiger charge is 2.34. The van der Waals surface area contributed by atoms with Crippen LogP contribution in [0, 0.1) is 0 Å².